The Morgan fingerprint density at radius 2 is 2.33 bits per heavy atom. The molecule has 0 aliphatic rings. The summed E-state index contributed by atoms with van der Waals surface area (Å²) in [5.74, 6) is -0.193. The zero-order valence-electron chi connectivity index (χ0n) is 10.5. The third kappa shape index (κ3) is 3.00. The van der Waals surface area contributed by atoms with Crippen LogP contribution in [0, 0.1) is 6.92 Å². The molecule has 18 heavy (non-hydrogen) atoms. The van der Waals surface area contributed by atoms with Crippen LogP contribution in [0.1, 0.15) is 18.2 Å². The van der Waals surface area contributed by atoms with Crippen molar-refractivity contribution >= 4 is 39.3 Å². The Morgan fingerprint density at radius 1 is 1.56 bits per heavy atom. The van der Waals surface area contributed by atoms with Crippen molar-refractivity contribution in [2.75, 3.05) is 7.11 Å². The van der Waals surface area contributed by atoms with Gasteiger partial charge in [-0.3, -0.25) is 4.79 Å². The van der Waals surface area contributed by atoms with Crippen LogP contribution >= 0.6 is 23.1 Å². The highest BCUT2D eigenvalue weighted by Crippen LogP contribution is 2.33. The SMILES string of the molecule is COC(=O)CC(C)Sc1ncnc2sc(C)cc12. The molecular weight excluding hydrogens is 268 g/mol. The van der Waals surface area contributed by atoms with Crippen LogP contribution in [0.25, 0.3) is 10.2 Å². The largest absolute Gasteiger partial charge is 0.469 e. The average Bonchev–Trinajstić information content (AvgIpc) is 2.70. The number of rotatable bonds is 4. The molecule has 0 saturated carbocycles. The van der Waals surface area contributed by atoms with E-state index in [9.17, 15) is 4.79 Å². The number of carbonyl (C=O) groups excluding carboxylic acids is 1. The van der Waals surface area contributed by atoms with Crippen LogP contribution in [-0.2, 0) is 9.53 Å². The van der Waals surface area contributed by atoms with Crippen LogP contribution in [0.15, 0.2) is 17.4 Å². The van der Waals surface area contributed by atoms with Gasteiger partial charge in [0.2, 0.25) is 0 Å². The van der Waals surface area contributed by atoms with Gasteiger partial charge in [0.15, 0.2) is 0 Å². The summed E-state index contributed by atoms with van der Waals surface area (Å²) in [6.45, 7) is 4.05. The third-order valence-corrected chi connectivity index (χ3v) is 4.49. The second-order valence-corrected chi connectivity index (χ2v) is 6.63. The molecule has 4 nitrogen and oxygen atoms in total. The van der Waals surface area contributed by atoms with Crippen LogP contribution in [0.2, 0.25) is 0 Å². The molecule has 0 radical (unpaired) electrons. The molecule has 2 aromatic heterocycles. The fourth-order valence-corrected chi connectivity index (χ4v) is 3.50. The number of fused-ring (bicyclic) bond motifs is 1. The molecule has 0 aliphatic carbocycles. The van der Waals surface area contributed by atoms with E-state index in [0.29, 0.717) is 6.42 Å². The van der Waals surface area contributed by atoms with Crippen molar-refractivity contribution < 1.29 is 9.53 Å². The molecule has 2 heterocycles. The normalized spacial score (nSPS) is 12.6. The first kappa shape index (κ1) is 13.3. The van der Waals surface area contributed by atoms with E-state index in [-0.39, 0.29) is 11.2 Å². The maximum Gasteiger partial charge on any atom is 0.306 e. The molecule has 2 rings (SSSR count). The van der Waals surface area contributed by atoms with Crippen molar-refractivity contribution in [3.05, 3.63) is 17.3 Å². The summed E-state index contributed by atoms with van der Waals surface area (Å²) in [7, 11) is 1.41. The lowest BCUT2D eigenvalue weighted by atomic mass is 10.3. The second kappa shape index (κ2) is 5.67. The first-order valence-electron chi connectivity index (χ1n) is 5.54. The molecule has 0 aliphatic heterocycles. The van der Waals surface area contributed by atoms with E-state index in [1.807, 2.05) is 6.92 Å². The Kier molecular flexibility index (Phi) is 4.19. The lowest BCUT2D eigenvalue weighted by Crippen LogP contribution is -2.08. The minimum atomic E-state index is -0.193. The number of aryl methyl sites for hydroxylation is 1. The van der Waals surface area contributed by atoms with Gasteiger partial charge in [0, 0.05) is 15.5 Å². The highest BCUT2D eigenvalue weighted by molar-refractivity contribution is 8.00. The highest BCUT2D eigenvalue weighted by atomic mass is 32.2. The molecule has 6 heteroatoms. The van der Waals surface area contributed by atoms with Crippen molar-refractivity contribution in [1.82, 2.24) is 9.97 Å². The number of hydrogen-bond donors (Lipinski definition) is 0. The van der Waals surface area contributed by atoms with Gasteiger partial charge < -0.3 is 4.74 Å². The number of methoxy groups -OCH3 is 1. The van der Waals surface area contributed by atoms with E-state index < -0.39 is 0 Å². The van der Waals surface area contributed by atoms with E-state index in [4.69, 9.17) is 0 Å². The fraction of sp³-hybridized carbons (Fsp3) is 0.417. The van der Waals surface area contributed by atoms with Crippen LogP contribution in [0.5, 0.6) is 0 Å². The van der Waals surface area contributed by atoms with Gasteiger partial charge in [-0.2, -0.15) is 0 Å². The monoisotopic (exact) mass is 282 g/mol. The minimum absolute atomic E-state index is 0.135. The van der Waals surface area contributed by atoms with Crippen molar-refractivity contribution in [2.24, 2.45) is 0 Å². The molecule has 0 amide bonds. The van der Waals surface area contributed by atoms with Gasteiger partial charge in [-0.05, 0) is 13.0 Å². The summed E-state index contributed by atoms with van der Waals surface area (Å²) in [5.41, 5.74) is 0. The number of thioether (sulfide) groups is 1. The maximum atomic E-state index is 11.2. The average molecular weight is 282 g/mol. The summed E-state index contributed by atoms with van der Waals surface area (Å²) in [6.07, 6.45) is 1.96. The zero-order valence-corrected chi connectivity index (χ0v) is 12.1. The lowest BCUT2D eigenvalue weighted by molar-refractivity contribution is -0.140. The predicted octanol–water partition coefficient (Wildman–Crippen LogP) is 3.04. The summed E-state index contributed by atoms with van der Waals surface area (Å²) < 4.78 is 4.67. The molecule has 0 fully saturated rings. The topological polar surface area (TPSA) is 52.1 Å². The van der Waals surface area contributed by atoms with Crippen LogP contribution < -0.4 is 0 Å². The number of aromatic nitrogens is 2. The van der Waals surface area contributed by atoms with E-state index in [2.05, 4.69) is 27.7 Å². The summed E-state index contributed by atoms with van der Waals surface area (Å²) >= 11 is 3.24. The van der Waals surface area contributed by atoms with Crippen molar-refractivity contribution in [3.63, 3.8) is 0 Å². The standard InChI is InChI=1S/C12H14N2O2S2/c1-7-4-9-11(17-7)13-6-14-12(9)18-8(2)5-10(15)16-3/h4,6,8H,5H2,1-3H3. The summed E-state index contributed by atoms with van der Waals surface area (Å²) in [5, 5.41) is 2.14. The number of nitrogens with zero attached hydrogens (tertiary/aromatic N) is 2. The molecule has 0 bridgehead atoms. The van der Waals surface area contributed by atoms with E-state index in [1.54, 1.807) is 29.4 Å². The Balaban J connectivity index is 2.18. The third-order valence-electron chi connectivity index (χ3n) is 2.41. The van der Waals surface area contributed by atoms with Gasteiger partial charge in [-0.25, -0.2) is 9.97 Å². The van der Waals surface area contributed by atoms with Crippen molar-refractivity contribution in [3.8, 4) is 0 Å². The molecular formula is C12H14N2O2S2. The van der Waals surface area contributed by atoms with Gasteiger partial charge in [-0.15, -0.1) is 23.1 Å². The Hall–Kier alpha value is -1.14. The molecule has 1 unspecified atom stereocenters. The molecule has 1 atom stereocenters. The smallest absolute Gasteiger partial charge is 0.306 e. The molecule has 96 valence electrons. The van der Waals surface area contributed by atoms with Gasteiger partial charge in [0.1, 0.15) is 16.2 Å². The predicted molar refractivity (Wildman–Crippen MR) is 74.1 cm³/mol. The van der Waals surface area contributed by atoms with Crippen molar-refractivity contribution in [2.45, 2.75) is 30.5 Å². The maximum absolute atomic E-state index is 11.2. The minimum Gasteiger partial charge on any atom is -0.469 e. The van der Waals surface area contributed by atoms with E-state index >= 15 is 0 Å². The molecule has 0 saturated heterocycles. The zero-order chi connectivity index (χ0) is 13.1. The molecule has 0 spiro atoms. The molecule has 2 aromatic rings. The van der Waals surface area contributed by atoms with Crippen LogP contribution in [0.4, 0.5) is 0 Å². The Labute approximate surface area is 114 Å². The number of hydrogen-bond acceptors (Lipinski definition) is 6. The number of ether oxygens (including phenoxy) is 1. The van der Waals surface area contributed by atoms with Gasteiger partial charge in [-0.1, -0.05) is 6.92 Å². The second-order valence-electron chi connectivity index (χ2n) is 3.96. The first-order valence-corrected chi connectivity index (χ1v) is 7.24. The first-order chi connectivity index (χ1) is 8.60. The van der Waals surface area contributed by atoms with E-state index in [1.165, 1.54) is 12.0 Å². The quantitative estimate of drug-likeness (QED) is 0.490. The van der Waals surface area contributed by atoms with Crippen molar-refractivity contribution in [1.29, 1.82) is 0 Å². The van der Waals surface area contributed by atoms with Gasteiger partial charge in [0.05, 0.1) is 13.5 Å². The Bertz CT molecular complexity index is 568. The van der Waals surface area contributed by atoms with Crippen LogP contribution in [-0.4, -0.2) is 28.3 Å². The summed E-state index contributed by atoms with van der Waals surface area (Å²) in [4.78, 5) is 22.0. The number of thiophene rings is 1. The molecule has 0 N–H and O–H groups in total. The van der Waals surface area contributed by atoms with Gasteiger partial charge in [0.25, 0.3) is 0 Å². The fourth-order valence-electron chi connectivity index (χ4n) is 1.60. The van der Waals surface area contributed by atoms with Gasteiger partial charge >= 0.3 is 5.97 Å². The van der Waals surface area contributed by atoms with Crippen LogP contribution in [0.3, 0.4) is 0 Å². The summed E-state index contributed by atoms with van der Waals surface area (Å²) in [6, 6.07) is 2.09. The number of carbonyl (C=O) groups is 1. The highest BCUT2D eigenvalue weighted by Gasteiger charge is 2.14. The molecule has 0 aromatic carbocycles. The van der Waals surface area contributed by atoms with E-state index in [0.717, 1.165) is 15.2 Å². The Morgan fingerprint density at radius 3 is 3.06 bits per heavy atom. The number of esters is 1. The lowest BCUT2D eigenvalue weighted by Gasteiger charge is -2.09.